The van der Waals surface area contributed by atoms with Crippen molar-refractivity contribution >= 4 is 23.6 Å². The summed E-state index contributed by atoms with van der Waals surface area (Å²) in [6.45, 7) is 2.10. The molecule has 3 aromatic rings. The molecule has 0 unspecified atom stereocenters. The van der Waals surface area contributed by atoms with Crippen LogP contribution >= 0.6 is 0 Å². The molecule has 1 N–H and O–H groups in total. The van der Waals surface area contributed by atoms with E-state index in [4.69, 9.17) is 9.47 Å². The first-order valence-corrected chi connectivity index (χ1v) is 9.57. The second kappa shape index (κ2) is 10.6. The molecule has 0 saturated heterocycles. The van der Waals surface area contributed by atoms with Crippen LogP contribution in [0.3, 0.4) is 0 Å². The third-order valence-corrected chi connectivity index (χ3v) is 4.22. The molecule has 0 heterocycles. The van der Waals surface area contributed by atoms with Gasteiger partial charge in [0.25, 0.3) is 5.91 Å². The van der Waals surface area contributed by atoms with Gasteiger partial charge in [0, 0.05) is 11.8 Å². The number of benzene rings is 3. The SMILES string of the molecule is Cc1ccc(/C=C/C(=O)OCC(=O)Nc2ccc(OCc3ccccc3)cc2)cc1. The topological polar surface area (TPSA) is 64.6 Å². The van der Waals surface area contributed by atoms with Gasteiger partial charge in [-0.3, -0.25) is 4.79 Å². The molecule has 0 aliphatic carbocycles. The molecule has 5 heteroatoms. The van der Waals surface area contributed by atoms with Crippen molar-refractivity contribution in [3.05, 3.63) is 102 Å². The van der Waals surface area contributed by atoms with Gasteiger partial charge >= 0.3 is 5.97 Å². The van der Waals surface area contributed by atoms with Gasteiger partial charge in [0.05, 0.1) is 0 Å². The highest BCUT2D eigenvalue weighted by Crippen LogP contribution is 2.17. The smallest absolute Gasteiger partial charge is 0.331 e. The molecule has 0 radical (unpaired) electrons. The van der Waals surface area contributed by atoms with Crippen LogP contribution in [0.2, 0.25) is 0 Å². The number of rotatable bonds is 8. The molecule has 3 rings (SSSR count). The number of anilines is 1. The zero-order valence-corrected chi connectivity index (χ0v) is 16.7. The van der Waals surface area contributed by atoms with Gasteiger partial charge in [0.15, 0.2) is 6.61 Å². The number of carbonyl (C=O) groups is 2. The minimum atomic E-state index is -0.574. The van der Waals surface area contributed by atoms with Gasteiger partial charge in [0.2, 0.25) is 0 Å². The van der Waals surface area contributed by atoms with Crippen LogP contribution in [0.25, 0.3) is 6.08 Å². The summed E-state index contributed by atoms with van der Waals surface area (Å²) in [6.07, 6.45) is 2.95. The summed E-state index contributed by atoms with van der Waals surface area (Å²) in [6, 6.07) is 24.6. The monoisotopic (exact) mass is 401 g/mol. The maximum atomic E-state index is 12.0. The zero-order valence-electron chi connectivity index (χ0n) is 16.7. The Balaban J connectivity index is 1.40. The molecule has 152 valence electrons. The quantitative estimate of drug-likeness (QED) is 0.436. The molecule has 0 spiro atoms. The van der Waals surface area contributed by atoms with Crippen LogP contribution in [0.5, 0.6) is 5.75 Å². The number of hydrogen-bond acceptors (Lipinski definition) is 4. The van der Waals surface area contributed by atoms with Gasteiger partial charge in [-0.15, -0.1) is 0 Å². The fraction of sp³-hybridized carbons (Fsp3) is 0.120. The maximum absolute atomic E-state index is 12.0. The van der Waals surface area contributed by atoms with Crippen LogP contribution in [0.4, 0.5) is 5.69 Å². The maximum Gasteiger partial charge on any atom is 0.331 e. The van der Waals surface area contributed by atoms with Crippen molar-refractivity contribution in [2.45, 2.75) is 13.5 Å². The van der Waals surface area contributed by atoms with Gasteiger partial charge < -0.3 is 14.8 Å². The summed E-state index contributed by atoms with van der Waals surface area (Å²) in [5.74, 6) is -0.287. The number of hydrogen-bond donors (Lipinski definition) is 1. The standard InChI is InChI=1S/C25H23NO4/c1-19-7-9-20(10-8-19)11-16-25(28)30-18-24(27)26-22-12-14-23(15-13-22)29-17-21-5-3-2-4-6-21/h2-16H,17-18H2,1H3,(H,26,27)/b16-11+. The Morgan fingerprint density at radius 2 is 1.60 bits per heavy atom. The van der Waals surface area contributed by atoms with Crippen molar-refractivity contribution < 1.29 is 19.1 Å². The molecule has 0 aliphatic rings. The second-order valence-electron chi connectivity index (χ2n) is 6.70. The Morgan fingerprint density at radius 3 is 2.30 bits per heavy atom. The lowest BCUT2D eigenvalue weighted by molar-refractivity contribution is -0.142. The normalized spacial score (nSPS) is 10.6. The average molecular weight is 401 g/mol. The second-order valence-corrected chi connectivity index (χ2v) is 6.70. The summed E-state index contributed by atoms with van der Waals surface area (Å²) < 4.78 is 10.7. The molecule has 0 aromatic heterocycles. The number of carbonyl (C=O) groups excluding carboxylic acids is 2. The number of nitrogens with one attached hydrogen (secondary N) is 1. The van der Waals surface area contributed by atoms with Gasteiger partial charge in [-0.2, -0.15) is 0 Å². The Hall–Kier alpha value is -3.86. The summed E-state index contributed by atoms with van der Waals surface area (Å²) in [7, 11) is 0. The van der Waals surface area contributed by atoms with Crippen molar-refractivity contribution in [2.24, 2.45) is 0 Å². The van der Waals surface area contributed by atoms with E-state index in [-0.39, 0.29) is 6.61 Å². The molecular formula is C25H23NO4. The molecule has 1 amide bonds. The van der Waals surface area contributed by atoms with Gasteiger partial charge in [0.1, 0.15) is 12.4 Å². The lowest BCUT2D eigenvalue weighted by Crippen LogP contribution is -2.20. The first kappa shape index (κ1) is 20.9. The first-order valence-electron chi connectivity index (χ1n) is 9.57. The van der Waals surface area contributed by atoms with Crippen molar-refractivity contribution in [3.8, 4) is 5.75 Å². The van der Waals surface area contributed by atoms with E-state index in [0.717, 1.165) is 16.7 Å². The molecule has 5 nitrogen and oxygen atoms in total. The van der Waals surface area contributed by atoms with Crippen molar-refractivity contribution in [1.29, 1.82) is 0 Å². The summed E-state index contributed by atoms with van der Waals surface area (Å²) >= 11 is 0. The predicted octanol–water partition coefficient (Wildman–Crippen LogP) is 4.77. The van der Waals surface area contributed by atoms with Gasteiger partial charge in [-0.1, -0.05) is 60.2 Å². The van der Waals surface area contributed by atoms with Crippen molar-refractivity contribution in [1.82, 2.24) is 0 Å². The number of ether oxygens (including phenoxy) is 2. The van der Waals surface area contributed by atoms with Crippen LogP contribution in [0.15, 0.2) is 84.9 Å². The summed E-state index contributed by atoms with van der Waals surface area (Å²) in [4.78, 5) is 23.7. The predicted molar refractivity (Wildman–Crippen MR) is 117 cm³/mol. The minimum absolute atomic E-state index is 0.358. The van der Waals surface area contributed by atoms with Gasteiger partial charge in [-0.05, 0) is 48.4 Å². The minimum Gasteiger partial charge on any atom is -0.489 e. The summed E-state index contributed by atoms with van der Waals surface area (Å²) in [5, 5.41) is 2.68. The highest BCUT2D eigenvalue weighted by Gasteiger charge is 2.06. The number of amides is 1. The van der Waals surface area contributed by atoms with E-state index in [1.165, 1.54) is 6.08 Å². The van der Waals surface area contributed by atoms with E-state index >= 15 is 0 Å². The number of esters is 1. The lowest BCUT2D eigenvalue weighted by Gasteiger charge is -2.08. The van der Waals surface area contributed by atoms with Crippen LogP contribution < -0.4 is 10.1 Å². The number of aryl methyl sites for hydroxylation is 1. The molecule has 3 aromatic carbocycles. The van der Waals surface area contributed by atoms with Crippen LogP contribution in [-0.2, 0) is 20.9 Å². The Bertz CT molecular complexity index is 994. The fourth-order valence-corrected chi connectivity index (χ4v) is 2.60. The molecule has 0 aliphatic heterocycles. The van der Waals surface area contributed by atoms with E-state index in [9.17, 15) is 9.59 Å². The molecule has 0 atom stereocenters. The summed E-state index contributed by atoms with van der Waals surface area (Å²) in [5.41, 5.74) is 3.70. The Kier molecular flexibility index (Phi) is 7.39. The van der Waals surface area contributed by atoms with Crippen molar-refractivity contribution in [2.75, 3.05) is 11.9 Å². The molecule has 30 heavy (non-hydrogen) atoms. The molecule has 0 saturated carbocycles. The zero-order chi connectivity index (χ0) is 21.2. The van der Waals surface area contributed by atoms with Crippen molar-refractivity contribution in [3.63, 3.8) is 0 Å². The molecular weight excluding hydrogens is 378 g/mol. The largest absolute Gasteiger partial charge is 0.489 e. The highest BCUT2D eigenvalue weighted by molar-refractivity contribution is 5.94. The van der Waals surface area contributed by atoms with Crippen LogP contribution in [0, 0.1) is 6.92 Å². The molecule has 0 bridgehead atoms. The Morgan fingerprint density at radius 1 is 0.900 bits per heavy atom. The lowest BCUT2D eigenvalue weighted by atomic mass is 10.1. The van der Waals surface area contributed by atoms with E-state index in [0.29, 0.717) is 18.0 Å². The van der Waals surface area contributed by atoms with E-state index in [1.807, 2.05) is 61.5 Å². The van der Waals surface area contributed by atoms with E-state index in [1.54, 1.807) is 30.3 Å². The fourth-order valence-electron chi connectivity index (χ4n) is 2.60. The van der Waals surface area contributed by atoms with Gasteiger partial charge in [-0.25, -0.2) is 4.79 Å². The Labute approximate surface area is 176 Å². The van der Waals surface area contributed by atoms with Crippen LogP contribution in [0.1, 0.15) is 16.7 Å². The third kappa shape index (κ3) is 6.95. The third-order valence-electron chi connectivity index (χ3n) is 4.22. The first-order chi connectivity index (χ1) is 14.6. The highest BCUT2D eigenvalue weighted by atomic mass is 16.5. The van der Waals surface area contributed by atoms with E-state index in [2.05, 4.69) is 5.32 Å². The van der Waals surface area contributed by atoms with E-state index < -0.39 is 11.9 Å². The average Bonchev–Trinajstić information content (AvgIpc) is 2.77. The molecule has 0 fully saturated rings. The van der Waals surface area contributed by atoms with Crippen LogP contribution in [-0.4, -0.2) is 18.5 Å².